The molecule has 120 valence electrons. The normalized spacial score (nSPS) is 17.0. The third kappa shape index (κ3) is 2.68. The Morgan fingerprint density at radius 3 is 3.17 bits per heavy atom. The number of carbonyl (C=O) groups excluding carboxylic acids is 1. The summed E-state index contributed by atoms with van der Waals surface area (Å²) in [5, 5.41) is 7.81. The van der Waals surface area contributed by atoms with Gasteiger partial charge in [0.1, 0.15) is 12.4 Å². The predicted octanol–water partition coefficient (Wildman–Crippen LogP) is 2.17. The summed E-state index contributed by atoms with van der Waals surface area (Å²) in [6.45, 7) is 2.50. The van der Waals surface area contributed by atoms with Crippen LogP contribution in [0.2, 0.25) is 5.02 Å². The van der Waals surface area contributed by atoms with Crippen LogP contribution in [0.3, 0.4) is 0 Å². The average Bonchev–Trinajstić information content (AvgIpc) is 2.87. The second kappa shape index (κ2) is 5.86. The Morgan fingerprint density at radius 1 is 1.35 bits per heavy atom. The standard InChI is InChI=1S/C16H16ClN3O3/c17-11-1-2-14-10(7-11)8-20(4-6-23-14)16(21)15-12-9-22-5-3-13(12)18-19-15/h1-2,7H,3-6,8-9H2,(H,18,19). The molecule has 4 rings (SSSR count). The number of hydrogen-bond acceptors (Lipinski definition) is 4. The van der Waals surface area contributed by atoms with Gasteiger partial charge in [-0.3, -0.25) is 9.89 Å². The molecule has 6 nitrogen and oxygen atoms in total. The lowest BCUT2D eigenvalue weighted by molar-refractivity contribution is 0.0714. The van der Waals surface area contributed by atoms with Crippen LogP contribution >= 0.6 is 11.6 Å². The highest BCUT2D eigenvalue weighted by atomic mass is 35.5. The zero-order chi connectivity index (χ0) is 15.8. The molecule has 0 fully saturated rings. The molecule has 0 aliphatic carbocycles. The topological polar surface area (TPSA) is 67.5 Å². The molecule has 3 heterocycles. The second-order valence-corrected chi connectivity index (χ2v) is 6.10. The van der Waals surface area contributed by atoms with Crippen LogP contribution in [0.5, 0.6) is 5.75 Å². The van der Waals surface area contributed by atoms with E-state index in [0.29, 0.717) is 43.6 Å². The van der Waals surface area contributed by atoms with Crippen molar-refractivity contribution in [2.75, 3.05) is 19.8 Å². The average molecular weight is 334 g/mol. The zero-order valence-electron chi connectivity index (χ0n) is 12.5. The quantitative estimate of drug-likeness (QED) is 0.868. The molecule has 0 bridgehead atoms. The summed E-state index contributed by atoms with van der Waals surface area (Å²) in [4.78, 5) is 14.6. The van der Waals surface area contributed by atoms with E-state index in [1.165, 1.54) is 0 Å². The fourth-order valence-electron chi connectivity index (χ4n) is 2.97. The molecule has 0 saturated carbocycles. The van der Waals surface area contributed by atoms with E-state index < -0.39 is 0 Å². The molecular formula is C16H16ClN3O3. The van der Waals surface area contributed by atoms with Gasteiger partial charge in [-0.1, -0.05) is 11.6 Å². The van der Waals surface area contributed by atoms with Gasteiger partial charge in [-0.05, 0) is 18.2 Å². The fourth-order valence-corrected chi connectivity index (χ4v) is 3.17. The number of amides is 1. The Morgan fingerprint density at radius 2 is 2.26 bits per heavy atom. The minimum absolute atomic E-state index is 0.107. The summed E-state index contributed by atoms with van der Waals surface area (Å²) < 4.78 is 11.2. The summed E-state index contributed by atoms with van der Waals surface area (Å²) in [6, 6.07) is 5.47. The van der Waals surface area contributed by atoms with Crippen molar-refractivity contribution >= 4 is 17.5 Å². The number of carbonyl (C=O) groups is 1. The summed E-state index contributed by atoms with van der Waals surface area (Å²) in [7, 11) is 0. The highest BCUT2D eigenvalue weighted by Gasteiger charge is 2.27. The van der Waals surface area contributed by atoms with Gasteiger partial charge in [-0.15, -0.1) is 0 Å². The number of nitrogens with zero attached hydrogens (tertiary/aromatic N) is 2. The molecule has 7 heteroatoms. The van der Waals surface area contributed by atoms with Crippen molar-refractivity contribution in [2.45, 2.75) is 19.6 Å². The first-order valence-electron chi connectivity index (χ1n) is 7.57. The van der Waals surface area contributed by atoms with Gasteiger partial charge < -0.3 is 14.4 Å². The van der Waals surface area contributed by atoms with E-state index >= 15 is 0 Å². The van der Waals surface area contributed by atoms with Gasteiger partial charge in [0.2, 0.25) is 0 Å². The van der Waals surface area contributed by atoms with E-state index in [9.17, 15) is 4.79 Å². The van der Waals surface area contributed by atoms with Gasteiger partial charge in [-0.25, -0.2) is 0 Å². The molecule has 2 aliphatic heterocycles. The molecule has 0 radical (unpaired) electrons. The van der Waals surface area contributed by atoms with Crippen LogP contribution in [0.1, 0.15) is 27.3 Å². The predicted molar refractivity (Wildman–Crippen MR) is 83.6 cm³/mol. The largest absolute Gasteiger partial charge is 0.491 e. The molecule has 1 aromatic heterocycles. The second-order valence-electron chi connectivity index (χ2n) is 5.66. The number of ether oxygens (including phenoxy) is 2. The number of aromatic nitrogens is 2. The van der Waals surface area contributed by atoms with Crippen LogP contribution in [0.4, 0.5) is 0 Å². The van der Waals surface area contributed by atoms with Gasteiger partial charge >= 0.3 is 0 Å². The molecule has 1 amide bonds. The van der Waals surface area contributed by atoms with E-state index in [1.54, 1.807) is 11.0 Å². The van der Waals surface area contributed by atoms with Crippen LogP contribution in [0, 0.1) is 0 Å². The third-order valence-electron chi connectivity index (χ3n) is 4.19. The molecule has 0 saturated heterocycles. The summed E-state index contributed by atoms with van der Waals surface area (Å²) in [6.07, 6.45) is 0.761. The molecule has 2 aromatic rings. The first-order chi connectivity index (χ1) is 11.2. The number of halogens is 1. The molecule has 2 aliphatic rings. The summed E-state index contributed by atoms with van der Waals surface area (Å²) in [5.41, 5.74) is 3.22. The lowest BCUT2D eigenvalue weighted by Gasteiger charge is -2.20. The maximum Gasteiger partial charge on any atom is 0.275 e. The van der Waals surface area contributed by atoms with Crippen LogP contribution < -0.4 is 4.74 Å². The van der Waals surface area contributed by atoms with E-state index in [1.807, 2.05) is 12.1 Å². The molecule has 23 heavy (non-hydrogen) atoms. The van der Waals surface area contributed by atoms with Gasteiger partial charge in [-0.2, -0.15) is 5.10 Å². The maximum absolute atomic E-state index is 12.9. The Kier molecular flexibility index (Phi) is 3.71. The van der Waals surface area contributed by atoms with Gasteiger partial charge in [0, 0.05) is 34.8 Å². The molecule has 0 spiro atoms. The minimum Gasteiger partial charge on any atom is -0.491 e. The number of benzene rings is 1. The number of H-pyrrole nitrogens is 1. The Bertz CT molecular complexity index is 759. The molecular weight excluding hydrogens is 318 g/mol. The van der Waals surface area contributed by atoms with Crippen molar-refractivity contribution in [3.63, 3.8) is 0 Å². The van der Waals surface area contributed by atoms with Crippen LogP contribution in [0.15, 0.2) is 18.2 Å². The minimum atomic E-state index is -0.107. The van der Waals surface area contributed by atoms with Crippen molar-refractivity contribution in [3.8, 4) is 5.75 Å². The van der Waals surface area contributed by atoms with Crippen LogP contribution in [-0.4, -0.2) is 40.8 Å². The first-order valence-corrected chi connectivity index (χ1v) is 7.94. The van der Waals surface area contributed by atoms with Gasteiger partial charge in [0.15, 0.2) is 5.69 Å². The highest BCUT2D eigenvalue weighted by Crippen LogP contribution is 2.27. The van der Waals surface area contributed by atoms with Crippen molar-refractivity contribution in [1.82, 2.24) is 15.1 Å². The van der Waals surface area contributed by atoms with Crippen molar-refractivity contribution in [3.05, 3.63) is 45.7 Å². The number of nitrogens with one attached hydrogen (secondary N) is 1. The van der Waals surface area contributed by atoms with Crippen molar-refractivity contribution in [2.24, 2.45) is 0 Å². The number of aromatic amines is 1. The monoisotopic (exact) mass is 333 g/mol. The van der Waals surface area contributed by atoms with Crippen LogP contribution in [-0.2, 0) is 24.3 Å². The highest BCUT2D eigenvalue weighted by molar-refractivity contribution is 6.30. The number of rotatable bonds is 1. The SMILES string of the molecule is O=C(c1n[nH]c2c1COCC2)N1CCOc2ccc(Cl)cc2C1. The van der Waals surface area contributed by atoms with E-state index in [-0.39, 0.29) is 5.91 Å². The molecule has 0 atom stereocenters. The lowest BCUT2D eigenvalue weighted by Crippen LogP contribution is -2.33. The Hall–Kier alpha value is -2.05. The van der Waals surface area contributed by atoms with E-state index in [2.05, 4.69) is 10.2 Å². The van der Waals surface area contributed by atoms with Crippen molar-refractivity contribution in [1.29, 1.82) is 0 Å². The lowest BCUT2D eigenvalue weighted by atomic mass is 10.1. The third-order valence-corrected chi connectivity index (χ3v) is 4.42. The Balaban J connectivity index is 1.62. The van der Waals surface area contributed by atoms with E-state index in [4.69, 9.17) is 21.1 Å². The maximum atomic E-state index is 12.9. The number of hydrogen-bond donors (Lipinski definition) is 1. The van der Waals surface area contributed by atoms with Crippen molar-refractivity contribution < 1.29 is 14.3 Å². The molecule has 1 N–H and O–H groups in total. The smallest absolute Gasteiger partial charge is 0.275 e. The zero-order valence-corrected chi connectivity index (χ0v) is 13.2. The van der Waals surface area contributed by atoms with E-state index in [0.717, 1.165) is 29.0 Å². The fraction of sp³-hybridized carbons (Fsp3) is 0.375. The van der Waals surface area contributed by atoms with Gasteiger partial charge in [0.25, 0.3) is 5.91 Å². The Labute approximate surface area is 138 Å². The summed E-state index contributed by atoms with van der Waals surface area (Å²) >= 11 is 6.06. The number of fused-ring (bicyclic) bond motifs is 2. The molecule has 1 aromatic carbocycles. The van der Waals surface area contributed by atoms with Gasteiger partial charge in [0.05, 0.1) is 19.8 Å². The summed E-state index contributed by atoms with van der Waals surface area (Å²) in [5.74, 6) is 0.668. The first kappa shape index (κ1) is 14.5. The van der Waals surface area contributed by atoms with Crippen LogP contribution in [0.25, 0.3) is 0 Å². The molecule has 0 unspecified atom stereocenters.